The Kier molecular flexibility index (Phi) is 5.37. The van der Waals surface area contributed by atoms with E-state index >= 15 is 0 Å². The van der Waals surface area contributed by atoms with E-state index in [2.05, 4.69) is 23.2 Å². The Hall–Kier alpha value is -0.800. The summed E-state index contributed by atoms with van der Waals surface area (Å²) in [6, 6.07) is 5.37. The van der Waals surface area contributed by atoms with E-state index in [9.17, 15) is 0 Å². The molecule has 1 saturated carbocycles. The topological polar surface area (TPSA) is 28.4 Å². The molecule has 2 atom stereocenters. The standard InChI is InChI=1S/C18H30N2O/c1-15(13-17-9-5-12-21-17)20-11-6-10-19-18(14-20)16-7-3-2-4-8-16/h5,9,12,15-16,18-19H,2-4,6-8,10-11,13-14H2,1H3. The minimum absolute atomic E-state index is 0.571. The quantitative estimate of drug-likeness (QED) is 0.920. The van der Waals surface area contributed by atoms with Crippen molar-refractivity contribution in [2.75, 3.05) is 19.6 Å². The molecule has 0 bridgehead atoms. The van der Waals surface area contributed by atoms with Gasteiger partial charge in [-0.1, -0.05) is 19.3 Å². The summed E-state index contributed by atoms with van der Waals surface area (Å²) in [4.78, 5) is 2.68. The maximum atomic E-state index is 5.53. The van der Waals surface area contributed by atoms with Crippen LogP contribution >= 0.6 is 0 Å². The van der Waals surface area contributed by atoms with E-state index in [1.165, 1.54) is 58.2 Å². The molecule has 3 nitrogen and oxygen atoms in total. The molecule has 1 aliphatic carbocycles. The van der Waals surface area contributed by atoms with Gasteiger partial charge in [-0.05, 0) is 57.3 Å². The largest absolute Gasteiger partial charge is 0.469 e. The second kappa shape index (κ2) is 7.46. The minimum atomic E-state index is 0.571. The van der Waals surface area contributed by atoms with Crippen LogP contribution in [-0.2, 0) is 6.42 Å². The maximum Gasteiger partial charge on any atom is 0.105 e. The fourth-order valence-electron chi connectivity index (χ4n) is 4.08. The van der Waals surface area contributed by atoms with E-state index in [0.29, 0.717) is 12.1 Å². The van der Waals surface area contributed by atoms with Crippen molar-refractivity contribution in [3.05, 3.63) is 24.2 Å². The smallest absolute Gasteiger partial charge is 0.105 e. The van der Waals surface area contributed by atoms with Crippen molar-refractivity contribution in [3.63, 3.8) is 0 Å². The summed E-state index contributed by atoms with van der Waals surface area (Å²) in [5.74, 6) is 2.02. The molecule has 1 aromatic rings. The average molecular weight is 290 g/mol. The van der Waals surface area contributed by atoms with Crippen molar-refractivity contribution in [1.82, 2.24) is 10.2 Å². The van der Waals surface area contributed by atoms with E-state index < -0.39 is 0 Å². The first-order valence-corrected chi connectivity index (χ1v) is 8.83. The molecular weight excluding hydrogens is 260 g/mol. The number of nitrogens with zero attached hydrogens (tertiary/aromatic N) is 1. The van der Waals surface area contributed by atoms with Gasteiger partial charge in [0.2, 0.25) is 0 Å². The van der Waals surface area contributed by atoms with Crippen LogP contribution in [0.5, 0.6) is 0 Å². The van der Waals surface area contributed by atoms with E-state index in [0.717, 1.165) is 18.1 Å². The van der Waals surface area contributed by atoms with Gasteiger partial charge in [-0.2, -0.15) is 0 Å². The van der Waals surface area contributed by atoms with Crippen molar-refractivity contribution in [1.29, 1.82) is 0 Å². The molecule has 0 aromatic carbocycles. The molecule has 1 aromatic heterocycles. The zero-order chi connectivity index (χ0) is 14.5. The maximum absolute atomic E-state index is 5.53. The van der Waals surface area contributed by atoms with Crippen molar-refractivity contribution in [2.45, 2.75) is 64.0 Å². The van der Waals surface area contributed by atoms with Crippen LogP contribution in [0.25, 0.3) is 0 Å². The molecular formula is C18H30N2O. The first-order valence-electron chi connectivity index (χ1n) is 8.83. The third-order valence-corrected chi connectivity index (χ3v) is 5.38. The van der Waals surface area contributed by atoms with E-state index in [1.54, 1.807) is 6.26 Å². The lowest BCUT2D eigenvalue weighted by Gasteiger charge is -2.35. The van der Waals surface area contributed by atoms with Crippen LogP contribution in [0.1, 0.15) is 51.2 Å². The average Bonchev–Trinajstić information content (AvgIpc) is 2.89. The fourth-order valence-corrected chi connectivity index (χ4v) is 4.08. The number of nitrogens with one attached hydrogen (secondary N) is 1. The SMILES string of the molecule is CC(Cc1ccco1)N1CCCNC(C2CCCCC2)C1. The van der Waals surface area contributed by atoms with Crippen LogP contribution in [0, 0.1) is 5.92 Å². The lowest BCUT2D eigenvalue weighted by molar-refractivity contribution is 0.165. The van der Waals surface area contributed by atoms with Gasteiger partial charge in [-0.25, -0.2) is 0 Å². The molecule has 1 N–H and O–H groups in total. The summed E-state index contributed by atoms with van der Waals surface area (Å²) in [5, 5.41) is 3.83. The molecule has 0 spiro atoms. The molecule has 118 valence electrons. The van der Waals surface area contributed by atoms with Gasteiger partial charge in [0.25, 0.3) is 0 Å². The highest BCUT2D eigenvalue weighted by atomic mass is 16.3. The Morgan fingerprint density at radius 2 is 2.14 bits per heavy atom. The van der Waals surface area contributed by atoms with Crippen LogP contribution in [0.2, 0.25) is 0 Å². The molecule has 21 heavy (non-hydrogen) atoms. The zero-order valence-electron chi connectivity index (χ0n) is 13.4. The highest BCUT2D eigenvalue weighted by Crippen LogP contribution is 2.28. The van der Waals surface area contributed by atoms with E-state index in [-0.39, 0.29) is 0 Å². The highest BCUT2D eigenvalue weighted by Gasteiger charge is 2.28. The van der Waals surface area contributed by atoms with Gasteiger partial charge in [-0.3, -0.25) is 4.90 Å². The van der Waals surface area contributed by atoms with Gasteiger partial charge < -0.3 is 9.73 Å². The van der Waals surface area contributed by atoms with Crippen LogP contribution in [0.15, 0.2) is 22.8 Å². The molecule has 1 aliphatic heterocycles. The predicted octanol–water partition coefficient (Wildman–Crippen LogP) is 3.45. The Labute approximate surface area is 129 Å². The Morgan fingerprint density at radius 1 is 1.29 bits per heavy atom. The van der Waals surface area contributed by atoms with E-state index in [4.69, 9.17) is 4.42 Å². The summed E-state index contributed by atoms with van der Waals surface area (Å²) >= 11 is 0. The summed E-state index contributed by atoms with van der Waals surface area (Å²) < 4.78 is 5.53. The van der Waals surface area contributed by atoms with Gasteiger partial charge in [0, 0.05) is 25.0 Å². The normalized spacial score (nSPS) is 27.4. The Morgan fingerprint density at radius 3 is 2.90 bits per heavy atom. The summed E-state index contributed by atoms with van der Waals surface area (Å²) in [7, 11) is 0. The molecule has 3 rings (SSSR count). The first kappa shape index (κ1) is 15.1. The molecule has 3 heteroatoms. The summed E-state index contributed by atoms with van der Waals surface area (Å²) in [6.45, 7) is 5.97. The van der Waals surface area contributed by atoms with Crippen LogP contribution in [0.4, 0.5) is 0 Å². The number of hydrogen-bond donors (Lipinski definition) is 1. The Balaban J connectivity index is 1.58. The second-order valence-electron chi connectivity index (χ2n) is 6.94. The Bertz CT molecular complexity index is 397. The lowest BCUT2D eigenvalue weighted by Crippen LogP contribution is -2.46. The van der Waals surface area contributed by atoms with Crippen molar-refractivity contribution in [2.24, 2.45) is 5.92 Å². The summed E-state index contributed by atoms with van der Waals surface area (Å²) in [6.07, 6.45) is 11.3. The highest BCUT2D eigenvalue weighted by molar-refractivity contribution is 5.00. The first-order chi connectivity index (χ1) is 10.3. The van der Waals surface area contributed by atoms with Crippen LogP contribution < -0.4 is 5.32 Å². The molecule has 2 fully saturated rings. The number of rotatable bonds is 4. The monoisotopic (exact) mass is 290 g/mol. The van der Waals surface area contributed by atoms with Crippen molar-refractivity contribution < 1.29 is 4.42 Å². The molecule has 2 aliphatic rings. The number of hydrogen-bond acceptors (Lipinski definition) is 3. The number of furan rings is 1. The molecule has 1 saturated heterocycles. The third-order valence-electron chi connectivity index (χ3n) is 5.38. The summed E-state index contributed by atoms with van der Waals surface area (Å²) in [5.41, 5.74) is 0. The minimum Gasteiger partial charge on any atom is -0.469 e. The van der Waals surface area contributed by atoms with Gasteiger partial charge in [-0.15, -0.1) is 0 Å². The predicted molar refractivity (Wildman–Crippen MR) is 86.4 cm³/mol. The van der Waals surface area contributed by atoms with Gasteiger partial charge in [0.1, 0.15) is 5.76 Å². The van der Waals surface area contributed by atoms with Crippen molar-refractivity contribution in [3.8, 4) is 0 Å². The lowest BCUT2D eigenvalue weighted by atomic mass is 9.83. The van der Waals surface area contributed by atoms with Crippen LogP contribution in [-0.4, -0.2) is 36.6 Å². The molecule has 2 unspecified atom stereocenters. The second-order valence-corrected chi connectivity index (χ2v) is 6.94. The molecule has 2 heterocycles. The van der Waals surface area contributed by atoms with E-state index in [1.807, 2.05) is 6.07 Å². The molecule has 0 amide bonds. The zero-order valence-corrected chi connectivity index (χ0v) is 13.4. The van der Waals surface area contributed by atoms with Gasteiger partial charge in [0.15, 0.2) is 0 Å². The third kappa shape index (κ3) is 4.10. The van der Waals surface area contributed by atoms with Gasteiger partial charge in [0.05, 0.1) is 6.26 Å². The molecule has 0 radical (unpaired) electrons. The van der Waals surface area contributed by atoms with Crippen molar-refractivity contribution >= 4 is 0 Å². The fraction of sp³-hybridized carbons (Fsp3) is 0.778. The van der Waals surface area contributed by atoms with Crippen LogP contribution in [0.3, 0.4) is 0 Å². The van der Waals surface area contributed by atoms with Gasteiger partial charge >= 0.3 is 0 Å².